The number of fused-ring (bicyclic) bond motifs is 1. The van der Waals surface area contributed by atoms with Gasteiger partial charge < -0.3 is 10.2 Å². The summed E-state index contributed by atoms with van der Waals surface area (Å²) in [6.07, 6.45) is 2.50. The number of anilines is 1. The molecule has 0 spiro atoms. The van der Waals surface area contributed by atoms with Gasteiger partial charge in [0.05, 0.1) is 16.8 Å². The molecule has 140 valence electrons. The monoisotopic (exact) mass is 359 g/mol. The molecule has 2 aromatic rings. The molecule has 0 atom stereocenters. The summed E-state index contributed by atoms with van der Waals surface area (Å²) in [5.74, 6) is 0.445. The van der Waals surface area contributed by atoms with E-state index in [2.05, 4.69) is 25.3 Å². The van der Waals surface area contributed by atoms with E-state index < -0.39 is 0 Å². The summed E-state index contributed by atoms with van der Waals surface area (Å²) in [5, 5.41) is 10.9. The lowest BCUT2D eigenvalue weighted by atomic mass is 9.97. The topological polar surface area (TPSA) is 64.3 Å². The van der Waals surface area contributed by atoms with Crippen molar-refractivity contribution in [2.24, 2.45) is 5.92 Å². The third kappa shape index (κ3) is 3.46. The van der Waals surface area contributed by atoms with Crippen molar-refractivity contribution in [2.45, 2.75) is 19.8 Å². The molecule has 2 saturated heterocycles. The van der Waals surface area contributed by atoms with E-state index >= 15 is 0 Å². The van der Waals surface area contributed by atoms with Crippen molar-refractivity contribution in [2.75, 3.05) is 50.7 Å². The van der Waals surface area contributed by atoms with Crippen molar-refractivity contribution in [3.8, 4) is 0 Å². The first kappa shape index (κ1) is 17.4. The smallest absolute Gasteiger partial charge is 0.272 e. The summed E-state index contributed by atoms with van der Waals surface area (Å²) in [5.41, 5.74) is 0.947. The fourth-order valence-electron chi connectivity index (χ4n) is 4.15. The highest BCUT2D eigenvalue weighted by molar-refractivity contribution is 5.87. The van der Waals surface area contributed by atoms with Crippen LogP contribution in [0.5, 0.6) is 0 Å². The maximum absolute atomic E-state index is 14.7. The second-order valence-corrected chi connectivity index (χ2v) is 7.47. The van der Waals surface area contributed by atoms with Crippen LogP contribution in [0.2, 0.25) is 0 Å². The predicted molar refractivity (Wildman–Crippen MR) is 101 cm³/mol. The number of piperidine rings is 1. The fourth-order valence-corrected chi connectivity index (χ4v) is 4.15. The molecule has 3 heterocycles. The average Bonchev–Trinajstić information content (AvgIpc) is 2.66. The molecule has 2 aliphatic rings. The highest BCUT2D eigenvalue weighted by atomic mass is 19.1. The Hall–Kier alpha value is -1.99. The molecular weight excluding hydrogens is 333 g/mol. The van der Waals surface area contributed by atoms with E-state index in [1.807, 2.05) is 6.92 Å². The van der Waals surface area contributed by atoms with Crippen molar-refractivity contribution in [1.82, 2.24) is 20.4 Å². The lowest BCUT2D eigenvalue weighted by Crippen LogP contribution is -2.48. The van der Waals surface area contributed by atoms with Crippen LogP contribution in [0.25, 0.3) is 10.8 Å². The van der Waals surface area contributed by atoms with Crippen LogP contribution in [-0.4, -0.2) is 60.9 Å². The zero-order valence-corrected chi connectivity index (χ0v) is 15.2. The average molecular weight is 359 g/mol. The lowest BCUT2D eigenvalue weighted by Gasteiger charge is -2.38. The molecule has 1 aromatic carbocycles. The molecule has 26 heavy (non-hydrogen) atoms. The van der Waals surface area contributed by atoms with Crippen molar-refractivity contribution in [3.63, 3.8) is 0 Å². The molecule has 2 fully saturated rings. The number of rotatable bonds is 3. The number of aromatic amines is 1. The zero-order valence-electron chi connectivity index (χ0n) is 15.2. The molecule has 0 unspecified atom stereocenters. The van der Waals surface area contributed by atoms with Gasteiger partial charge in [-0.05, 0) is 50.9 Å². The predicted octanol–water partition coefficient (Wildman–Crippen LogP) is 1.49. The Labute approximate surface area is 152 Å². The van der Waals surface area contributed by atoms with Gasteiger partial charge in [0.2, 0.25) is 0 Å². The normalized spacial score (nSPS) is 20.0. The molecule has 7 heteroatoms. The van der Waals surface area contributed by atoms with Gasteiger partial charge in [-0.15, -0.1) is 0 Å². The number of aromatic nitrogens is 2. The molecule has 0 aliphatic carbocycles. The number of H-pyrrole nitrogens is 1. The first-order valence-electron chi connectivity index (χ1n) is 9.48. The van der Waals surface area contributed by atoms with E-state index in [4.69, 9.17) is 0 Å². The molecule has 2 aliphatic heterocycles. The molecule has 0 radical (unpaired) electrons. The van der Waals surface area contributed by atoms with Crippen LogP contribution in [0.15, 0.2) is 16.9 Å². The molecule has 2 N–H and O–H groups in total. The van der Waals surface area contributed by atoms with Crippen molar-refractivity contribution in [1.29, 1.82) is 0 Å². The Morgan fingerprint density at radius 3 is 2.62 bits per heavy atom. The Morgan fingerprint density at radius 1 is 1.15 bits per heavy atom. The second kappa shape index (κ2) is 7.32. The van der Waals surface area contributed by atoms with Crippen LogP contribution >= 0.6 is 0 Å². The van der Waals surface area contributed by atoms with Gasteiger partial charge in [-0.3, -0.25) is 9.69 Å². The number of nitrogens with one attached hydrogen (secondary N) is 2. The summed E-state index contributed by atoms with van der Waals surface area (Å²) < 4.78 is 14.7. The van der Waals surface area contributed by atoms with Gasteiger partial charge in [-0.2, -0.15) is 5.10 Å². The minimum Gasteiger partial charge on any atom is -0.367 e. The van der Waals surface area contributed by atoms with Crippen LogP contribution in [0.1, 0.15) is 18.5 Å². The third-order valence-corrected chi connectivity index (χ3v) is 5.73. The highest BCUT2D eigenvalue weighted by Crippen LogP contribution is 2.27. The number of piperazine rings is 1. The number of hydrogen-bond donors (Lipinski definition) is 2. The second-order valence-electron chi connectivity index (χ2n) is 7.47. The van der Waals surface area contributed by atoms with Gasteiger partial charge in [0.1, 0.15) is 5.82 Å². The standard InChI is InChI=1S/C19H26FN5O/c1-13-15-11-18(17(20)10-16(15)19(26)23-22-13)25-8-6-24(7-9-25)12-14-2-4-21-5-3-14/h10-11,14,21H,2-9,12H2,1H3,(H,23,26). The largest absolute Gasteiger partial charge is 0.367 e. The lowest BCUT2D eigenvalue weighted by molar-refractivity contribution is 0.196. The van der Waals surface area contributed by atoms with E-state index in [-0.39, 0.29) is 11.4 Å². The first-order chi connectivity index (χ1) is 12.6. The Morgan fingerprint density at radius 2 is 1.88 bits per heavy atom. The van der Waals surface area contributed by atoms with Gasteiger partial charge in [-0.25, -0.2) is 9.49 Å². The number of aryl methyl sites for hydroxylation is 1. The molecule has 0 saturated carbocycles. The van der Waals surface area contributed by atoms with Gasteiger partial charge >= 0.3 is 0 Å². The van der Waals surface area contributed by atoms with Gasteiger partial charge in [0, 0.05) is 38.1 Å². The van der Waals surface area contributed by atoms with Gasteiger partial charge in [0.15, 0.2) is 0 Å². The van der Waals surface area contributed by atoms with Crippen LogP contribution in [0, 0.1) is 18.7 Å². The summed E-state index contributed by atoms with van der Waals surface area (Å²) in [6.45, 7) is 8.75. The van der Waals surface area contributed by atoms with E-state index in [0.717, 1.165) is 57.1 Å². The summed E-state index contributed by atoms with van der Waals surface area (Å²) in [7, 11) is 0. The number of halogens is 1. The third-order valence-electron chi connectivity index (χ3n) is 5.73. The van der Waals surface area contributed by atoms with E-state index in [9.17, 15) is 9.18 Å². The quantitative estimate of drug-likeness (QED) is 0.869. The molecule has 4 rings (SSSR count). The first-order valence-corrected chi connectivity index (χ1v) is 9.48. The van der Waals surface area contributed by atoms with E-state index in [0.29, 0.717) is 16.8 Å². The van der Waals surface area contributed by atoms with Crippen molar-refractivity contribution in [3.05, 3.63) is 34.0 Å². The Bertz CT molecular complexity index is 838. The van der Waals surface area contributed by atoms with Crippen molar-refractivity contribution >= 4 is 16.5 Å². The Balaban J connectivity index is 1.48. The number of nitrogens with zero attached hydrogens (tertiary/aromatic N) is 3. The molecule has 6 nitrogen and oxygen atoms in total. The van der Waals surface area contributed by atoms with Gasteiger partial charge in [0.25, 0.3) is 5.56 Å². The Kier molecular flexibility index (Phi) is 4.91. The summed E-state index contributed by atoms with van der Waals surface area (Å²) in [6, 6.07) is 3.13. The number of hydrogen-bond acceptors (Lipinski definition) is 5. The zero-order chi connectivity index (χ0) is 18.1. The highest BCUT2D eigenvalue weighted by Gasteiger charge is 2.23. The van der Waals surface area contributed by atoms with Crippen LogP contribution in [0.4, 0.5) is 10.1 Å². The van der Waals surface area contributed by atoms with Gasteiger partial charge in [-0.1, -0.05) is 0 Å². The minimum atomic E-state index is -0.345. The molecular formula is C19H26FN5O. The van der Waals surface area contributed by atoms with E-state index in [1.165, 1.54) is 18.9 Å². The van der Waals surface area contributed by atoms with Crippen LogP contribution in [-0.2, 0) is 0 Å². The SMILES string of the molecule is Cc1n[nH]c(=O)c2cc(F)c(N3CCN(CC4CCNCC4)CC3)cc12. The number of benzene rings is 1. The minimum absolute atomic E-state index is 0.333. The van der Waals surface area contributed by atoms with E-state index in [1.54, 1.807) is 6.07 Å². The van der Waals surface area contributed by atoms with Crippen LogP contribution < -0.4 is 15.8 Å². The molecule has 1 aromatic heterocycles. The maximum Gasteiger partial charge on any atom is 0.272 e. The summed E-state index contributed by atoms with van der Waals surface area (Å²) in [4.78, 5) is 16.5. The summed E-state index contributed by atoms with van der Waals surface area (Å²) >= 11 is 0. The maximum atomic E-state index is 14.7. The molecule has 0 bridgehead atoms. The van der Waals surface area contributed by atoms with Crippen molar-refractivity contribution < 1.29 is 4.39 Å². The van der Waals surface area contributed by atoms with Crippen LogP contribution in [0.3, 0.4) is 0 Å². The fraction of sp³-hybridized carbons (Fsp3) is 0.579. The molecule has 0 amide bonds.